The molecule has 0 bridgehead atoms. The lowest BCUT2D eigenvalue weighted by atomic mass is 9.61. The number of aliphatic hydroxyl groups excluding tert-OH is 1. The zero-order chi connectivity index (χ0) is 17.3. The Hall–Kier alpha value is -1.18. The highest BCUT2D eigenvalue weighted by Crippen LogP contribution is 2.62. The predicted molar refractivity (Wildman–Crippen MR) is 79.3 cm³/mol. The van der Waals surface area contributed by atoms with Gasteiger partial charge >= 0.3 is 11.9 Å². The molecule has 0 radical (unpaired) electrons. The van der Waals surface area contributed by atoms with Crippen molar-refractivity contribution in [3.63, 3.8) is 0 Å². The van der Waals surface area contributed by atoms with Crippen LogP contribution in [0.25, 0.3) is 0 Å². The normalized spacial score (nSPS) is 35.4. The second kappa shape index (κ2) is 6.75. The van der Waals surface area contributed by atoms with Crippen LogP contribution in [0.4, 0.5) is 0 Å². The van der Waals surface area contributed by atoms with Crippen molar-refractivity contribution in [1.29, 1.82) is 0 Å². The van der Waals surface area contributed by atoms with Crippen LogP contribution >= 0.6 is 0 Å². The Morgan fingerprint density at radius 1 is 1.13 bits per heavy atom. The number of ether oxygens (including phenoxy) is 4. The van der Waals surface area contributed by atoms with Gasteiger partial charge < -0.3 is 24.1 Å². The summed E-state index contributed by atoms with van der Waals surface area (Å²) in [6, 6.07) is 0. The zero-order valence-corrected chi connectivity index (χ0v) is 14.2. The number of methoxy groups -OCH3 is 3. The lowest BCUT2D eigenvalue weighted by Crippen LogP contribution is -2.54. The topological polar surface area (TPSA) is 91.3 Å². The fourth-order valence-electron chi connectivity index (χ4n) is 4.62. The van der Waals surface area contributed by atoms with Crippen molar-refractivity contribution in [2.24, 2.45) is 16.7 Å². The van der Waals surface area contributed by atoms with Crippen LogP contribution in [0, 0.1) is 16.7 Å². The summed E-state index contributed by atoms with van der Waals surface area (Å²) in [6.07, 6.45) is 1.12. The van der Waals surface area contributed by atoms with Crippen LogP contribution in [-0.4, -0.2) is 57.4 Å². The van der Waals surface area contributed by atoms with E-state index in [0.717, 1.165) is 12.8 Å². The smallest absolute Gasteiger partial charge is 0.326 e. The molecule has 0 aromatic carbocycles. The van der Waals surface area contributed by atoms with Crippen molar-refractivity contribution in [1.82, 2.24) is 0 Å². The van der Waals surface area contributed by atoms with Crippen molar-refractivity contribution in [2.75, 3.05) is 28.1 Å². The minimum Gasteiger partial charge on any atom is -0.468 e. The van der Waals surface area contributed by atoms with Gasteiger partial charge in [-0.25, -0.2) is 0 Å². The number of hydrogen-bond acceptors (Lipinski definition) is 7. The summed E-state index contributed by atoms with van der Waals surface area (Å²) in [5.41, 5.74) is -2.22. The number of rotatable bonds is 5. The first-order chi connectivity index (χ1) is 10.9. The Balaban J connectivity index is 2.46. The van der Waals surface area contributed by atoms with E-state index >= 15 is 0 Å². The maximum atomic E-state index is 12.5. The average molecular weight is 330 g/mol. The highest BCUT2D eigenvalue weighted by Gasteiger charge is 2.71. The molecule has 0 amide bonds. The van der Waals surface area contributed by atoms with E-state index in [1.54, 1.807) is 7.11 Å². The summed E-state index contributed by atoms with van der Waals surface area (Å²) < 4.78 is 20.5. The van der Waals surface area contributed by atoms with E-state index in [0.29, 0.717) is 6.42 Å². The highest BCUT2D eigenvalue weighted by atomic mass is 16.7. The molecule has 4 atom stereocenters. The minimum absolute atomic E-state index is 0.131. The van der Waals surface area contributed by atoms with Crippen molar-refractivity contribution < 1.29 is 33.6 Å². The Bertz CT molecular complexity index is 447. The van der Waals surface area contributed by atoms with Crippen LogP contribution in [0.3, 0.4) is 0 Å². The molecule has 0 aromatic heterocycles. The molecule has 2 aliphatic rings. The maximum Gasteiger partial charge on any atom is 0.326 e. The first-order valence-corrected chi connectivity index (χ1v) is 7.85. The number of esters is 2. The number of hydrogen-bond donors (Lipinski definition) is 1. The summed E-state index contributed by atoms with van der Waals surface area (Å²) in [4.78, 5) is 25.0. The largest absolute Gasteiger partial charge is 0.468 e. The van der Waals surface area contributed by atoms with E-state index in [4.69, 9.17) is 18.9 Å². The molecule has 2 aliphatic carbocycles. The summed E-state index contributed by atoms with van der Waals surface area (Å²) in [5.74, 6) is -1.88. The van der Waals surface area contributed by atoms with Crippen molar-refractivity contribution in [2.45, 2.75) is 44.8 Å². The van der Waals surface area contributed by atoms with Crippen LogP contribution in [0.1, 0.15) is 32.6 Å². The van der Waals surface area contributed by atoms with E-state index in [2.05, 4.69) is 0 Å². The van der Waals surface area contributed by atoms with E-state index in [1.165, 1.54) is 14.2 Å². The SMILES string of the molecule is COCO[C@@H]1CCC[C@@H]2C(C(=O)OC)(C(=O)OC)C(O)C[C@]21C. The van der Waals surface area contributed by atoms with Crippen LogP contribution < -0.4 is 0 Å². The standard InChI is InChI=1S/C16H26O7/c1-15-8-11(17)16(13(18)21-3,14(19)22-4)10(15)6-5-7-12(15)23-9-20-2/h10-12,17H,5-9H2,1-4H3/t10-,11?,12+,15+/m0/s1. The van der Waals surface area contributed by atoms with Crippen LogP contribution in [0.2, 0.25) is 0 Å². The quantitative estimate of drug-likeness (QED) is 0.454. The van der Waals surface area contributed by atoms with E-state index in [-0.39, 0.29) is 19.3 Å². The van der Waals surface area contributed by atoms with Gasteiger partial charge in [-0.3, -0.25) is 9.59 Å². The highest BCUT2D eigenvalue weighted by molar-refractivity contribution is 6.02. The van der Waals surface area contributed by atoms with Crippen LogP contribution in [-0.2, 0) is 28.5 Å². The molecule has 1 N–H and O–H groups in total. The Morgan fingerprint density at radius 3 is 2.26 bits per heavy atom. The minimum atomic E-state index is -1.69. The van der Waals surface area contributed by atoms with Gasteiger partial charge in [-0.1, -0.05) is 13.3 Å². The van der Waals surface area contributed by atoms with Crippen molar-refractivity contribution >= 4 is 11.9 Å². The number of aliphatic hydroxyl groups is 1. The van der Waals surface area contributed by atoms with Gasteiger partial charge in [0.05, 0.1) is 26.4 Å². The fourth-order valence-corrected chi connectivity index (χ4v) is 4.62. The molecule has 2 saturated carbocycles. The molecule has 7 nitrogen and oxygen atoms in total. The summed E-state index contributed by atoms with van der Waals surface area (Å²) in [7, 11) is 3.98. The van der Waals surface area contributed by atoms with Gasteiger partial charge in [-0.05, 0) is 25.2 Å². The molecule has 0 aromatic rings. The van der Waals surface area contributed by atoms with Gasteiger partial charge in [-0.15, -0.1) is 0 Å². The first-order valence-electron chi connectivity index (χ1n) is 7.85. The van der Waals surface area contributed by atoms with E-state index in [1.807, 2.05) is 6.92 Å². The van der Waals surface area contributed by atoms with Crippen molar-refractivity contribution in [3.05, 3.63) is 0 Å². The second-order valence-corrected chi connectivity index (χ2v) is 6.62. The number of carbonyl (C=O) groups excluding carboxylic acids is 2. The monoisotopic (exact) mass is 330 g/mol. The van der Waals surface area contributed by atoms with Crippen molar-refractivity contribution in [3.8, 4) is 0 Å². The Labute approximate surface area is 136 Å². The lowest BCUT2D eigenvalue weighted by Gasteiger charge is -2.46. The molecular weight excluding hydrogens is 304 g/mol. The lowest BCUT2D eigenvalue weighted by molar-refractivity contribution is -0.187. The molecule has 2 rings (SSSR count). The predicted octanol–water partition coefficient (Wildman–Crippen LogP) is 0.879. The summed E-state index contributed by atoms with van der Waals surface area (Å²) in [5, 5.41) is 10.7. The van der Waals surface area contributed by atoms with Gasteiger partial charge in [0, 0.05) is 12.5 Å². The van der Waals surface area contributed by atoms with Gasteiger partial charge in [0.25, 0.3) is 0 Å². The van der Waals surface area contributed by atoms with Gasteiger partial charge in [-0.2, -0.15) is 0 Å². The third-order valence-corrected chi connectivity index (χ3v) is 5.63. The molecule has 132 valence electrons. The molecular formula is C16H26O7. The first kappa shape index (κ1) is 18.2. The van der Waals surface area contributed by atoms with Crippen LogP contribution in [0.15, 0.2) is 0 Å². The van der Waals surface area contributed by atoms with Gasteiger partial charge in [0.2, 0.25) is 0 Å². The molecule has 1 unspecified atom stereocenters. The van der Waals surface area contributed by atoms with E-state index in [9.17, 15) is 14.7 Å². The fraction of sp³-hybridized carbons (Fsp3) is 0.875. The Kier molecular flexibility index (Phi) is 5.33. The summed E-state index contributed by atoms with van der Waals surface area (Å²) in [6.45, 7) is 2.08. The van der Waals surface area contributed by atoms with Crippen LogP contribution in [0.5, 0.6) is 0 Å². The second-order valence-electron chi connectivity index (χ2n) is 6.62. The maximum absolute atomic E-state index is 12.5. The molecule has 0 aliphatic heterocycles. The molecule has 7 heteroatoms. The van der Waals surface area contributed by atoms with E-state index < -0.39 is 34.8 Å². The Morgan fingerprint density at radius 2 is 1.74 bits per heavy atom. The molecule has 0 spiro atoms. The third kappa shape index (κ3) is 2.55. The summed E-state index contributed by atoms with van der Waals surface area (Å²) >= 11 is 0. The number of carbonyl (C=O) groups is 2. The zero-order valence-electron chi connectivity index (χ0n) is 14.2. The van der Waals surface area contributed by atoms with Gasteiger partial charge in [0.1, 0.15) is 6.79 Å². The van der Waals surface area contributed by atoms with Gasteiger partial charge in [0.15, 0.2) is 5.41 Å². The average Bonchev–Trinajstić information content (AvgIpc) is 2.79. The third-order valence-electron chi connectivity index (χ3n) is 5.63. The molecule has 0 heterocycles. The molecule has 0 saturated heterocycles. The number of fused-ring (bicyclic) bond motifs is 1. The molecule has 23 heavy (non-hydrogen) atoms. The molecule has 2 fully saturated rings.